The van der Waals surface area contributed by atoms with Crippen LogP contribution in [-0.2, 0) is 0 Å². The maximum atomic E-state index is 12.1. The van der Waals surface area contributed by atoms with E-state index in [1.54, 1.807) is 11.8 Å². The smallest absolute Gasteiger partial charge is 0.336 e. The molecule has 1 aliphatic carbocycles. The van der Waals surface area contributed by atoms with Gasteiger partial charge < -0.3 is 9.32 Å². The molecule has 7 nitrogen and oxygen atoms in total. The van der Waals surface area contributed by atoms with Gasteiger partial charge in [0.25, 0.3) is 5.91 Å². The summed E-state index contributed by atoms with van der Waals surface area (Å²) in [7, 11) is 0. The SMILES string of the molecule is Cc1ocnc1C(=O)NNC(=O)N1CC2CC=CC1C2. The number of hydrazine groups is 1. The molecule has 0 spiro atoms. The van der Waals surface area contributed by atoms with E-state index < -0.39 is 5.91 Å². The molecule has 106 valence electrons. The molecule has 1 aromatic heterocycles. The van der Waals surface area contributed by atoms with Crippen LogP contribution in [0.1, 0.15) is 29.1 Å². The number of amides is 3. The highest BCUT2D eigenvalue weighted by Gasteiger charge is 2.35. The van der Waals surface area contributed by atoms with E-state index >= 15 is 0 Å². The highest BCUT2D eigenvalue weighted by molar-refractivity contribution is 5.94. The molecule has 2 unspecified atom stereocenters. The molecule has 3 amide bonds. The Morgan fingerprint density at radius 2 is 2.30 bits per heavy atom. The number of oxazole rings is 1. The molecule has 1 aromatic rings. The molecule has 0 saturated carbocycles. The molecule has 0 aromatic carbocycles. The number of carbonyl (C=O) groups excluding carboxylic acids is 2. The summed E-state index contributed by atoms with van der Waals surface area (Å²) >= 11 is 0. The summed E-state index contributed by atoms with van der Waals surface area (Å²) < 4.78 is 4.94. The second-order valence-corrected chi connectivity index (χ2v) is 5.13. The normalized spacial score (nSPS) is 23.8. The van der Waals surface area contributed by atoms with Crippen LogP contribution in [0.5, 0.6) is 0 Å². The Balaban J connectivity index is 1.56. The van der Waals surface area contributed by atoms with Crippen molar-refractivity contribution in [2.75, 3.05) is 6.54 Å². The van der Waals surface area contributed by atoms with Gasteiger partial charge in [0.15, 0.2) is 12.1 Å². The lowest BCUT2D eigenvalue weighted by Gasteiger charge is -2.22. The van der Waals surface area contributed by atoms with Gasteiger partial charge in [0.1, 0.15) is 5.76 Å². The van der Waals surface area contributed by atoms with Crippen LogP contribution in [0.15, 0.2) is 23.0 Å². The Labute approximate surface area is 116 Å². The molecule has 1 fully saturated rings. The van der Waals surface area contributed by atoms with E-state index in [0.717, 1.165) is 19.4 Å². The van der Waals surface area contributed by atoms with Crippen LogP contribution in [0.4, 0.5) is 4.79 Å². The van der Waals surface area contributed by atoms with Gasteiger partial charge in [0, 0.05) is 6.54 Å². The first kappa shape index (κ1) is 12.7. The van der Waals surface area contributed by atoms with Crippen molar-refractivity contribution in [2.24, 2.45) is 5.92 Å². The highest BCUT2D eigenvalue weighted by atomic mass is 16.3. The average molecular weight is 276 g/mol. The Hall–Kier alpha value is -2.31. The fourth-order valence-electron chi connectivity index (χ4n) is 2.74. The minimum atomic E-state index is -0.484. The molecule has 1 saturated heterocycles. The number of carbonyl (C=O) groups is 2. The van der Waals surface area contributed by atoms with Crippen molar-refractivity contribution in [3.05, 3.63) is 30.0 Å². The van der Waals surface area contributed by atoms with Gasteiger partial charge in [-0.15, -0.1) is 0 Å². The minimum absolute atomic E-state index is 0.138. The summed E-state index contributed by atoms with van der Waals surface area (Å²) in [5, 5.41) is 0. The van der Waals surface area contributed by atoms with Crippen LogP contribution in [0.25, 0.3) is 0 Å². The Morgan fingerprint density at radius 3 is 3.00 bits per heavy atom. The number of nitrogens with one attached hydrogen (secondary N) is 2. The summed E-state index contributed by atoms with van der Waals surface area (Å²) in [4.78, 5) is 29.4. The standard InChI is InChI=1S/C13H16N4O3/c1-8-11(14-7-20-8)12(18)15-16-13(19)17-6-9-3-2-4-10(17)5-9/h2,4,7,9-10H,3,5-6H2,1H3,(H,15,18)(H,16,19). The predicted octanol–water partition coefficient (Wildman–Crippen LogP) is 0.988. The van der Waals surface area contributed by atoms with Crippen LogP contribution in [-0.4, -0.2) is 34.4 Å². The monoisotopic (exact) mass is 276 g/mol. The first-order chi connectivity index (χ1) is 9.65. The third-order valence-electron chi connectivity index (χ3n) is 3.76. The van der Waals surface area contributed by atoms with Gasteiger partial charge in [0.2, 0.25) is 0 Å². The fraction of sp³-hybridized carbons (Fsp3) is 0.462. The zero-order chi connectivity index (χ0) is 14.1. The second-order valence-electron chi connectivity index (χ2n) is 5.13. The summed E-state index contributed by atoms with van der Waals surface area (Å²) in [6.07, 6.45) is 7.38. The van der Waals surface area contributed by atoms with Crippen molar-refractivity contribution in [2.45, 2.75) is 25.8 Å². The van der Waals surface area contributed by atoms with Crippen LogP contribution >= 0.6 is 0 Å². The average Bonchev–Trinajstić information content (AvgIpc) is 2.99. The first-order valence-corrected chi connectivity index (χ1v) is 6.59. The molecule has 2 aliphatic rings. The number of hydrogen-bond donors (Lipinski definition) is 2. The highest BCUT2D eigenvalue weighted by Crippen LogP contribution is 2.30. The maximum absolute atomic E-state index is 12.1. The quantitative estimate of drug-likeness (QED) is 0.591. The van der Waals surface area contributed by atoms with Crippen molar-refractivity contribution in [3.63, 3.8) is 0 Å². The van der Waals surface area contributed by atoms with Gasteiger partial charge in [-0.1, -0.05) is 12.2 Å². The first-order valence-electron chi connectivity index (χ1n) is 6.59. The van der Waals surface area contributed by atoms with Gasteiger partial charge in [0.05, 0.1) is 6.04 Å². The van der Waals surface area contributed by atoms with Crippen LogP contribution in [0.2, 0.25) is 0 Å². The third kappa shape index (κ3) is 2.26. The molecule has 2 heterocycles. The number of hydrogen-bond acceptors (Lipinski definition) is 4. The molecular weight excluding hydrogens is 260 g/mol. The Bertz CT molecular complexity index is 566. The molecule has 2 atom stereocenters. The lowest BCUT2D eigenvalue weighted by Crippen LogP contribution is -2.50. The molecular formula is C13H16N4O3. The maximum Gasteiger partial charge on any atom is 0.336 e. The predicted molar refractivity (Wildman–Crippen MR) is 69.6 cm³/mol. The van der Waals surface area contributed by atoms with Crippen molar-refractivity contribution in [1.29, 1.82) is 0 Å². The minimum Gasteiger partial charge on any atom is -0.448 e. The molecule has 7 heteroatoms. The van der Waals surface area contributed by atoms with E-state index in [1.165, 1.54) is 6.39 Å². The fourth-order valence-corrected chi connectivity index (χ4v) is 2.74. The number of allylic oxidation sites excluding steroid dienone is 1. The van der Waals surface area contributed by atoms with Crippen molar-refractivity contribution < 1.29 is 14.0 Å². The van der Waals surface area contributed by atoms with Crippen LogP contribution < -0.4 is 10.9 Å². The lowest BCUT2D eigenvalue weighted by molar-refractivity contribution is 0.0924. The molecule has 2 N–H and O–H groups in total. The number of rotatable bonds is 1. The van der Waals surface area contributed by atoms with E-state index in [9.17, 15) is 9.59 Å². The number of likely N-dealkylation sites (tertiary alicyclic amines) is 1. The van der Waals surface area contributed by atoms with E-state index in [2.05, 4.69) is 21.9 Å². The summed E-state index contributed by atoms with van der Waals surface area (Å²) in [6.45, 7) is 2.36. The van der Waals surface area contributed by atoms with Crippen LogP contribution in [0, 0.1) is 12.8 Å². The number of fused-ring (bicyclic) bond motifs is 2. The number of urea groups is 1. The van der Waals surface area contributed by atoms with E-state index in [0.29, 0.717) is 11.7 Å². The topological polar surface area (TPSA) is 87.5 Å². The zero-order valence-corrected chi connectivity index (χ0v) is 11.1. The number of aromatic nitrogens is 1. The van der Waals surface area contributed by atoms with Crippen LogP contribution in [0.3, 0.4) is 0 Å². The van der Waals surface area contributed by atoms with Crippen molar-refractivity contribution in [1.82, 2.24) is 20.7 Å². The van der Waals surface area contributed by atoms with Gasteiger partial charge in [-0.25, -0.2) is 15.2 Å². The van der Waals surface area contributed by atoms with Crippen molar-refractivity contribution >= 4 is 11.9 Å². The summed E-state index contributed by atoms with van der Waals surface area (Å²) in [5.41, 5.74) is 4.95. The molecule has 3 rings (SSSR count). The van der Waals surface area contributed by atoms with E-state index in [1.807, 2.05) is 6.08 Å². The van der Waals surface area contributed by atoms with Gasteiger partial charge in [-0.3, -0.25) is 10.2 Å². The largest absolute Gasteiger partial charge is 0.448 e. The summed E-state index contributed by atoms with van der Waals surface area (Å²) in [6, 6.07) is -0.155. The Kier molecular flexibility index (Phi) is 3.17. The molecule has 20 heavy (non-hydrogen) atoms. The number of aryl methyl sites for hydroxylation is 1. The zero-order valence-electron chi connectivity index (χ0n) is 11.1. The molecule has 0 radical (unpaired) electrons. The lowest BCUT2D eigenvalue weighted by atomic mass is 9.97. The number of nitrogens with zero attached hydrogens (tertiary/aromatic N) is 2. The second kappa shape index (κ2) is 4.99. The van der Waals surface area contributed by atoms with Gasteiger partial charge >= 0.3 is 6.03 Å². The van der Waals surface area contributed by atoms with Gasteiger partial charge in [-0.2, -0.15) is 0 Å². The third-order valence-corrected chi connectivity index (χ3v) is 3.76. The summed E-state index contributed by atoms with van der Waals surface area (Å²) in [5.74, 6) is 0.461. The molecule has 1 aliphatic heterocycles. The van der Waals surface area contributed by atoms with Crippen molar-refractivity contribution in [3.8, 4) is 0 Å². The van der Waals surface area contributed by atoms with E-state index in [4.69, 9.17) is 4.42 Å². The van der Waals surface area contributed by atoms with Gasteiger partial charge in [-0.05, 0) is 25.7 Å². The molecule has 2 bridgehead atoms. The van der Waals surface area contributed by atoms with E-state index in [-0.39, 0.29) is 17.8 Å². The Morgan fingerprint density at radius 1 is 1.45 bits per heavy atom.